The van der Waals surface area contributed by atoms with Gasteiger partial charge in [-0.1, -0.05) is 18.2 Å². The molecule has 7 nitrogen and oxygen atoms in total. The summed E-state index contributed by atoms with van der Waals surface area (Å²) in [5.74, 6) is 0.461. The van der Waals surface area contributed by atoms with Crippen molar-refractivity contribution in [3.05, 3.63) is 59.7 Å². The monoisotopic (exact) mass is 444 g/mol. The first-order valence-corrected chi connectivity index (χ1v) is 12.2. The molecule has 1 unspecified atom stereocenters. The van der Waals surface area contributed by atoms with Crippen molar-refractivity contribution in [1.82, 2.24) is 9.62 Å². The SMILES string of the molecule is O=C(NCc1ccc(OCC2CCCO2)cc1)c1cccc(S(=O)(=O)N2CCCC2)c1. The number of hydrogen-bond acceptors (Lipinski definition) is 5. The minimum atomic E-state index is -3.55. The third-order valence-corrected chi connectivity index (χ3v) is 7.53. The lowest BCUT2D eigenvalue weighted by Gasteiger charge is -2.16. The number of carbonyl (C=O) groups excluding carboxylic acids is 1. The highest BCUT2D eigenvalue weighted by Crippen LogP contribution is 2.22. The quantitative estimate of drug-likeness (QED) is 0.677. The van der Waals surface area contributed by atoms with Gasteiger partial charge in [0, 0.05) is 31.8 Å². The molecule has 166 valence electrons. The van der Waals surface area contributed by atoms with Crippen LogP contribution in [-0.4, -0.2) is 51.0 Å². The largest absolute Gasteiger partial charge is 0.491 e. The van der Waals surface area contributed by atoms with Gasteiger partial charge in [-0.25, -0.2) is 8.42 Å². The lowest BCUT2D eigenvalue weighted by atomic mass is 10.2. The molecule has 2 aliphatic heterocycles. The predicted molar refractivity (Wildman–Crippen MR) is 117 cm³/mol. The first kappa shape index (κ1) is 21.8. The maximum atomic E-state index is 12.7. The van der Waals surface area contributed by atoms with Crippen LogP contribution in [0.5, 0.6) is 5.75 Å². The summed E-state index contributed by atoms with van der Waals surface area (Å²) in [5.41, 5.74) is 1.26. The van der Waals surface area contributed by atoms with Gasteiger partial charge in [-0.15, -0.1) is 0 Å². The van der Waals surface area contributed by atoms with E-state index in [9.17, 15) is 13.2 Å². The van der Waals surface area contributed by atoms with Crippen LogP contribution >= 0.6 is 0 Å². The molecule has 8 heteroatoms. The molecule has 2 aromatic rings. The van der Waals surface area contributed by atoms with Crippen LogP contribution in [-0.2, 0) is 21.3 Å². The van der Waals surface area contributed by atoms with Crippen molar-refractivity contribution < 1.29 is 22.7 Å². The Balaban J connectivity index is 1.32. The molecule has 0 aromatic heterocycles. The van der Waals surface area contributed by atoms with Crippen molar-refractivity contribution >= 4 is 15.9 Å². The first-order valence-electron chi connectivity index (χ1n) is 10.7. The molecular weight excluding hydrogens is 416 g/mol. The van der Waals surface area contributed by atoms with E-state index >= 15 is 0 Å². The third-order valence-electron chi connectivity index (χ3n) is 5.64. The van der Waals surface area contributed by atoms with Gasteiger partial charge in [0.25, 0.3) is 5.91 Å². The van der Waals surface area contributed by atoms with E-state index in [1.807, 2.05) is 24.3 Å². The number of nitrogens with one attached hydrogen (secondary N) is 1. The second kappa shape index (κ2) is 9.80. The topological polar surface area (TPSA) is 84.9 Å². The number of amides is 1. The lowest BCUT2D eigenvalue weighted by molar-refractivity contribution is 0.0679. The molecule has 2 fully saturated rings. The van der Waals surface area contributed by atoms with Gasteiger partial charge in [0.15, 0.2) is 0 Å². The van der Waals surface area contributed by atoms with Crippen molar-refractivity contribution in [1.29, 1.82) is 0 Å². The number of sulfonamides is 1. The van der Waals surface area contributed by atoms with Crippen molar-refractivity contribution in [2.45, 2.75) is 43.2 Å². The van der Waals surface area contributed by atoms with E-state index in [-0.39, 0.29) is 16.9 Å². The Kier molecular flexibility index (Phi) is 6.89. The molecule has 0 radical (unpaired) electrons. The van der Waals surface area contributed by atoms with Crippen LogP contribution in [0.1, 0.15) is 41.6 Å². The molecule has 1 N–H and O–H groups in total. The van der Waals surface area contributed by atoms with Crippen molar-refractivity contribution in [3.63, 3.8) is 0 Å². The number of hydrogen-bond donors (Lipinski definition) is 1. The van der Waals surface area contributed by atoms with E-state index in [1.165, 1.54) is 10.4 Å². The summed E-state index contributed by atoms with van der Waals surface area (Å²) in [6.07, 6.45) is 4.03. The fraction of sp³-hybridized carbons (Fsp3) is 0.435. The highest BCUT2D eigenvalue weighted by Gasteiger charge is 2.27. The van der Waals surface area contributed by atoms with Crippen LogP contribution in [0.3, 0.4) is 0 Å². The zero-order valence-corrected chi connectivity index (χ0v) is 18.3. The number of rotatable bonds is 8. The Labute approximate surface area is 183 Å². The number of nitrogens with zero attached hydrogens (tertiary/aromatic N) is 1. The smallest absolute Gasteiger partial charge is 0.251 e. The van der Waals surface area contributed by atoms with Gasteiger partial charge in [0.2, 0.25) is 10.0 Å². The average molecular weight is 445 g/mol. The molecule has 31 heavy (non-hydrogen) atoms. The second-order valence-electron chi connectivity index (χ2n) is 7.91. The van der Waals surface area contributed by atoms with Gasteiger partial charge >= 0.3 is 0 Å². The van der Waals surface area contributed by atoms with E-state index in [2.05, 4.69) is 5.32 Å². The van der Waals surface area contributed by atoms with Gasteiger partial charge in [-0.3, -0.25) is 4.79 Å². The molecule has 2 aromatic carbocycles. The van der Waals surface area contributed by atoms with Crippen LogP contribution in [0.2, 0.25) is 0 Å². The molecule has 1 atom stereocenters. The van der Waals surface area contributed by atoms with Gasteiger partial charge in [-0.2, -0.15) is 4.31 Å². The maximum Gasteiger partial charge on any atom is 0.251 e. The molecule has 0 bridgehead atoms. The molecule has 1 amide bonds. The van der Waals surface area contributed by atoms with Crippen LogP contribution in [0.25, 0.3) is 0 Å². The maximum absolute atomic E-state index is 12.7. The average Bonchev–Trinajstić information content (AvgIpc) is 3.51. The van der Waals surface area contributed by atoms with E-state index in [1.54, 1.807) is 18.2 Å². The summed E-state index contributed by atoms with van der Waals surface area (Å²) >= 11 is 0. The fourth-order valence-corrected chi connectivity index (χ4v) is 5.39. The summed E-state index contributed by atoms with van der Waals surface area (Å²) in [6, 6.07) is 13.8. The first-order chi connectivity index (χ1) is 15.0. The Morgan fingerprint density at radius 2 is 1.87 bits per heavy atom. The molecule has 2 aliphatic rings. The van der Waals surface area contributed by atoms with Crippen LogP contribution < -0.4 is 10.1 Å². The van der Waals surface area contributed by atoms with Crippen LogP contribution in [0.4, 0.5) is 0 Å². The van der Waals surface area contributed by atoms with Gasteiger partial charge < -0.3 is 14.8 Å². The lowest BCUT2D eigenvalue weighted by Crippen LogP contribution is -2.28. The summed E-state index contributed by atoms with van der Waals surface area (Å²) in [6.45, 7) is 2.76. The Morgan fingerprint density at radius 3 is 2.58 bits per heavy atom. The summed E-state index contributed by atoms with van der Waals surface area (Å²) in [7, 11) is -3.55. The van der Waals surface area contributed by atoms with E-state index < -0.39 is 10.0 Å². The summed E-state index contributed by atoms with van der Waals surface area (Å²) < 4.78 is 38.2. The normalized spacial score (nSPS) is 19.4. The standard InChI is InChI=1S/C23H28N2O5S/c26-23(19-5-3-7-22(15-19)31(27,28)25-12-1-2-13-25)24-16-18-8-10-20(11-9-18)30-17-21-6-4-14-29-21/h3,5,7-11,15,21H,1-2,4,6,12-14,16-17H2,(H,24,26). The Morgan fingerprint density at radius 1 is 1.10 bits per heavy atom. The zero-order valence-electron chi connectivity index (χ0n) is 17.5. The molecule has 0 saturated carbocycles. The van der Waals surface area contributed by atoms with E-state index in [0.717, 1.165) is 43.6 Å². The van der Waals surface area contributed by atoms with Gasteiger partial charge in [0.05, 0.1) is 11.0 Å². The molecule has 0 spiro atoms. The van der Waals surface area contributed by atoms with Crippen LogP contribution in [0, 0.1) is 0 Å². The van der Waals surface area contributed by atoms with Crippen LogP contribution in [0.15, 0.2) is 53.4 Å². The summed E-state index contributed by atoms with van der Waals surface area (Å²) in [5, 5.41) is 2.85. The van der Waals surface area contributed by atoms with Gasteiger partial charge in [0.1, 0.15) is 12.4 Å². The third kappa shape index (κ3) is 5.44. The fourth-order valence-electron chi connectivity index (χ4n) is 3.83. The number of ether oxygens (including phenoxy) is 2. The predicted octanol–water partition coefficient (Wildman–Crippen LogP) is 2.96. The second-order valence-corrected chi connectivity index (χ2v) is 9.85. The minimum absolute atomic E-state index is 0.162. The Bertz CT molecular complexity index is 995. The molecular formula is C23H28N2O5S. The number of carbonyl (C=O) groups is 1. The molecule has 2 saturated heterocycles. The van der Waals surface area contributed by atoms with Gasteiger partial charge in [-0.05, 0) is 61.6 Å². The van der Waals surface area contributed by atoms with E-state index in [0.29, 0.717) is 31.8 Å². The molecule has 2 heterocycles. The molecule has 4 rings (SSSR count). The summed E-state index contributed by atoms with van der Waals surface area (Å²) in [4.78, 5) is 12.7. The minimum Gasteiger partial charge on any atom is -0.491 e. The Hall–Kier alpha value is -2.42. The zero-order chi connectivity index (χ0) is 21.7. The number of benzene rings is 2. The molecule has 0 aliphatic carbocycles. The van der Waals surface area contributed by atoms with E-state index in [4.69, 9.17) is 9.47 Å². The highest BCUT2D eigenvalue weighted by molar-refractivity contribution is 7.89. The van der Waals surface area contributed by atoms with Crippen molar-refractivity contribution in [2.24, 2.45) is 0 Å². The highest BCUT2D eigenvalue weighted by atomic mass is 32.2. The van der Waals surface area contributed by atoms with Crippen molar-refractivity contribution in [2.75, 3.05) is 26.3 Å². The van der Waals surface area contributed by atoms with Crippen molar-refractivity contribution in [3.8, 4) is 5.75 Å².